The maximum Gasteiger partial charge on any atom is -0.0320 e. The maximum absolute atomic E-state index is 2.52. The highest BCUT2D eigenvalue weighted by Crippen LogP contribution is 2.57. The number of rotatable bonds is 5. The van der Waals surface area contributed by atoms with Gasteiger partial charge >= 0.3 is 0 Å². The van der Waals surface area contributed by atoms with Crippen LogP contribution < -0.4 is 0 Å². The van der Waals surface area contributed by atoms with E-state index in [1.54, 1.807) is 25.7 Å². The van der Waals surface area contributed by atoms with E-state index < -0.39 is 0 Å². The second-order valence-electron chi connectivity index (χ2n) is 5.77. The second kappa shape index (κ2) is 3.63. The van der Waals surface area contributed by atoms with E-state index in [4.69, 9.17) is 0 Å². The molecule has 0 aromatic rings. The van der Waals surface area contributed by atoms with Crippen molar-refractivity contribution in [2.75, 3.05) is 0 Å². The van der Waals surface area contributed by atoms with Crippen molar-refractivity contribution < 1.29 is 0 Å². The van der Waals surface area contributed by atoms with Gasteiger partial charge in [0.1, 0.15) is 0 Å². The highest BCUT2D eigenvalue weighted by atomic mass is 14.5. The van der Waals surface area contributed by atoms with Crippen LogP contribution in [0.15, 0.2) is 0 Å². The van der Waals surface area contributed by atoms with Crippen molar-refractivity contribution in [3.63, 3.8) is 0 Å². The molecule has 0 spiro atoms. The SMILES string of the molecule is CCCCCC1(C)CC(C2CC2)C1. The zero-order chi connectivity index (χ0) is 9.31. The van der Waals surface area contributed by atoms with Crippen molar-refractivity contribution in [1.29, 1.82) is 0 Å². The van der Waals surface area contributed by atoms with Gasteiger partial charge in [0.05, 0.1) is 0 Å². The molecule has 2 fully saturated rings. The van der Waals surface area contributed by atoms with Crippen molar-refractivity contribution in [3.8, 4) is 0 Å². The molecule has 0 radical (unpaired) electrons. The number of unbranched alkanes of at least 4 members (excludes halogenated alkanes) is 2. The Hall–Kier alpha value is 0. The molecule has 2 aliphatic carbocycles. The van der Waals surface area contributed by atoms with Gasteiger partial charge in [-0.15, -0.1) is 0 Å². The van der Waals surface area contributed by atoms with E-state index in [1.165, 1.54) is 31.6 Å². The summed E-state index contributed by atoms with van der Waals surface area (Å²) in [6.07, 6.45) is 12.0. The zero-order valence-corrected chi connectivity index (χ0v) is 9.31. The van der Waals surface area contributed by atoms with Crippen LogP contribution >= 0.6 is 0 Å². The summed E-state index contributed by atoms with van der Waals surface area (Å²) in [6, 6.07) is 0. The Labute approximate surface area is 83.1 Å². The van der Waals surface area contributed by atoms with E-state index in [-0.39, 0.29) is 0 Å². The van der Waals surface area contributed by atoms with Crippen LogP contribution in [0.25, 0.3) is 0 Å². The smallest absolute Gasteiger partial charge is 0.0320 e. The number of hydrogen-bond donors (Lipinski definition) is 0. The summed E-state index contributed by atoms with van der Waals surface area (Å²) in [4.78, 5) is 0. The lowest BCUT2D eigenvalue weighted by Gasteiger charge is -2.46. The van der Waals surface area contributed by atoms with E-state index in [0.717, 1.165) is 11.3 Å². The van der Waals surface area contributed by atoms with E-state index >= 15 is 0 Å². The van der Waals surface area contributed by atoms with Gasteiger partial charge in [0, 0.05) is 0 Å². The van der Waals surface area contributed by atoms with Gasteiger partial charge in [0.15, 0.2) is 0 Å². The average molecular weight is 180 g/mol. The Bertz CT molecular complexity index is 161. The molecule has 0 atom stereocenters. The fourth-order valence-electron chi connectivity index (χ4n) is 3.11. The van der Waals surface area contributed by atoms with Gasteiger partial charge in [-0.1, -0.05) is 33.1 Å². The predicted molar refractivity (Wildman–Crippen MR) is 57.7 cm³/mol. The topological polar surface area (TPSA) is 0 Å². The molecule has 0 nitrogen and oxygen atoms in total. The molecule has 2 aliphatic rings. The van der Waals surface area contributed by atoms with Gasteiger partial charge < -0.3 is 0 Å². The summed E-state index contributed by atoms with van der Waals surface area (Å²) in [6.45, 7) is 4.82. The first-order valence-electron chi connectivity index (χ1n) is 6.23. The molecule has 0 aromatic carbocycles. The summed E-state index contributed by atoms with van der Waals surface area (Å²) in [5.74, 6) is 2.31. The van der Waals surface area contributed by atoms with E-state index in [1.807, 2.05) is 0 Å². The van der Waals surface area contributed by atoms with Gasteiger partial charge in [-0.05, 0) is 49.4 Å². The summed E-state index contributed by atoms with van der Waals surface area (Å²) in [7, 11) is 0. The molecule has 0 unspecified atom stereocenters. The van der Waals surface area contributed by atoms with Gasteiger partial charge in [0.2, 0.25) is 0 Å². The first-order valence-corrected chi connectivity index (χ1v) is 6.23. The summed E-state index contributed by atoms with van der Waals surface area (Å²) in [5, 5.41) is 0. The molecule has 0 N–H and O–H groups in total. The molecular formula is C13H24. The molecular weight excluding hydrogens is 156 g/mol. The van der Waals surface area contributed by atoms with Crippen LogP contribution in [0.2, 0.25) is 0 Å². The van der Waals surface area contributed by atoms with Crippen LogP contribution in [0.4, 0.5) is 0 Å². The Morgan fingerprint density at radius 3 is 2.31 bits per heavy atom. The van der Waals surface area contributed by atoms with Crippen LogP contribution in [-0.4, -0.2) is 0 Å². The predicted octanol–water partition coefficient (Wildman–Crippen LogP) is 4.39. The Balaban J connectivity index is 1.63. The molecule has 0 heterocycles. The maximum atomic E-state index is 2.52. The largest absolute Gasteiger partial charge is 0.0654 e. The van der Waals surface area contributed by atoms with Crippen molar-refractivity contribution in [2.45, 2.75) is 65.2 Å². The first kappa shape index (κ1) is 9.55. The van der Waals surface area contributed by atoms with Crippen LogP contribution in [-0.2, 0) is 0 Å². The molecule has 2 saturated carbocycles. The highest BCUT2D eigenvalue weighted by Gasteiger charge is 2.46. The fourth-order valence-corrected chi connectivity index (χ4v) is 3.11. The van der Waals surface area contributed by atoms with Crippen LogP contribution in [0.1, 0.15) is 65.2 Å². The molecule has 2 rings (SSSR count). The van der Waals surface area contributed by atoms with Crippen LogP contribution in [0, 0.1) is 17.3 Å². The normalized spacial score (nSPS) is 38.8. The van der Waals surface area contributed by atoms with E-state index in [9.17, 15) is 0 Å². The van der Waals surface area contributed by atoms with E-state index in [2.05, 4.69) is 13.8 Å². The monoisotopic (exact) mass is 180 g/mol. The molecule has 0 bridgehead atoms. The Morgan fingerprint density at radius 2 is 1.77 bits per heavy atom. The lowest BCUT2D eigenvalue weighted by atomic mass is 9.59. The van der Waals surface area contributed by atoms with Gasteiger partial charge in [0.25, 0.3) is 0 Å². The molecule has 0 heteroatoms. The minimum Gasteiger partial charge on any atom is -0.0654 e. The quantitative estimate of drug-likeness (QED) is 0.550. The molecule has 0 amide bonds. The molecule has 13 heavy (non-hydrogen) atoms. The molecule has 0 aromatic heterocycles. The minimum atomic E-state index is 0.766. The molecule has 0 saturated heterocycles. The highest BCUT2D eigenvalue weighted by molar-refractivity contribution is 4.96. The van der Waals surface area contributed by atoms with Gasteiger partial charge in [-0.3, -0.25) is 0 Å². The average Bonchev–Trinajstić information content (AvgIpc) is 2.82. The standard InChI is InChI=1S/C13H24/c1-3-4-5-8-13(2)9-12(10-13)11-6-7-11/h11-12H,3-10H2,1-2H3. The van der Waals surface area contributed by atoms with Crippen LogP contribution in [0.3, 0.4) is 0 Å². The first-order chi connectivity index (χ1) is 6.23. The summed E-state index contributed by atoms with van der Waals surface area (Å²) < 4.78 is 0. The second-order valence-corrected chi connectivity index (χ2v) is 5.77. The molecule has 76 valence electrons. The number of hydrogen-bond acceptors (Lipinski definition) is 0. The third kappa shape index (κ3) is 2.27. The van der Waals surface area contributed by atoms with Gasteiger partial charge in [-0.2, -0.15) is 0 Å². The van der Waals surface area contributed by atoms with Crippen molar-refractivity contribution >= 4 is 0 Å². The van der Waals surface area contributed by atoms with Gasteiger partial charge in [-0.25, -0.2) is 0 Å². The lowest BCUT2D eigenvalue weighted by molar-refractivity contribution is 0.0481. The third-order valence-corrected chi connectivity index (χ3v) is 4.18. The summed E-state index contributed by atoms with van der Waals surface area (Å²) in [5.41, 5.74) is 0.766. The van der Waals surface area contributed by atoms with Crippen molar-refractivity contribution in [1.82, 2.24) is 0 Å². The molecule has 0 aliphatic heterocycles. The fraction of sp³-hybridized carbons (Fsp3) is 1.00. The van der Waals surface area contributed by atoms with E-state index in [0.29, 0.717) is 0 Å². The van der Waals surface area contributed by atoms with Crippen molar-refractivity contribution in [2.24, 2.45) is 17.3 Å². The Kier molecular flexibility index (Phi) is 2.67. The van der Waals surface area contributed by atoms with Crippen molar-refractivity contribution in [3.05, 3.63) is 0 Å². The minimum absolute atomic E-state index is 0.766. The Morgan fingerprint density at radius 1 is 1.08 bits per heavy atom. The summed E-state index contributed by atoms with van der Waals surface area (Å²) >= 11 is 0. The van der Waals surface area contributed by atoms with Crippen LogP contribution in [0.5, 0.6) is 0 Å². The lowest BCUT2D eigenvalue weighted by Crippen LogP contribution is -2.35. The zero-order valence-electron chi connectivity index (χ0n) is 9.31. The third-order valence-electron chi connectivity index (χ3n) is 4.18.